The summed E-state index contributed by atoms with van der Waals surface area (Å²) in [6, 6.07) is 3.05. The zero-order chi connectivity index (χ0) is 14.8. The van der Waals surface area contributed by atoms with Crippen LogP contribution in [0, 0.1) is 18.2 Å². The Bertz CT molecular complexity index is 506. The third-order valence-electron chi connectivity index (χ3n) is 2.75. The second-order valence-corrected chi connectivity index (χ2v) is 5.59. The molecular formula is C14H18FNO3. The van der Waals surface area contributed by atoms with Crippen LogP contribution < -0.4 is 5.32 Å². The molecule has 0 aromatic heterocycles. The number of carboxylic acids is 1. The van der Waals surface area contributed by atoms with E-state index in [0.29, 0.717) is 0 Å². The summed E-state index contributed by atoms with van der Waals surface area (Å²) in [6.07, 6.45) is 0. The summed E-state index contributed by atoms with van der Waals surface area (Å²) < 4.78 is 13.6. The molecule has 0 saturated carbocycles. The number of carbonyl (C=O) groups is 2. The molecule has 19 heavy (non-hydrogen) atoms. The average molecular weight is 267 g/mol. The molecule has 0 aliphatic rings. The molecule has 0 bridgehead atoms. The number of aliphatic carboxylic acids is 1. The summed E-state index contributed by atoms with van der Waals surface area (Å²) in [5.41, 5.74) is -0.0772. The normalized spacial score (nSPS) is 12.9. The van der Waals surface area contributed by atoms with Gasteiger partial charge in [-0.1, -0.05) is 32.4 Å². The molecule has 0 aliphatic heterocycles. The van der Waals surface area contributed by atoms with Crippen LogP contribution in [0.15, 0.2) is 18.2 Å². The van der Waals surface area contributed by atoms with Crippen molar-refractivity contribution in [3.63, 3.8) is 0 Å². The van der Waals surface area contributed by atoms with Gasteiger partial charge in [0.15, 0.2) is 0 Å². The quantitative estimate of drug-likeness (QED) is 0.883. The van der Waals surface area contributed by atoms with Crippen LogP contribution in [0.2, 0.25) is 0 Å². The maximum absolute atomic E-state index is 13.6. The van der Waals surface area contributed by atoms with E-state index >= 15 is 0 Å². The molecule has 1 aromatic rings. The van der Waals surface area contributed by atoms with Gasteiger partial charge in [-0.3, -0.25) is 4.79 Å². The van der Waals surface area contributed by atoms with E-state index in [0.717, 1.165) is 5.56 Å². The minimum atomic E-state index is -1.14. The minimum absolute atomic E-state index is 0.143. The molecular weight excluding hydrogens is 249 g/mol. The summed E-state index contributed by atoms with van der Waals surface area (Å²) in [5.74, 6) is -2.53. The zero-order valence-electron chi connectivity index (χ0n) is 11.5. The first-order valence-corrected chi connectivity index (χ1v) is 5.92. The molecule has 1 amide bonds. The van der Waals surface area contributed by atoms with E-state index in [4.69, 9.17) is 5.11 Å². The number of amides is 1. The molecule has 0 aliphatic carbocycles. The minimum Gasteiger partial charge on any atom is -0.480 e. The predicted octanol–water partition coefficient (Wildman–Crippen LogP) is 2.36. The van der Waals surface area contributed by atoms with Gasteiger partial charge in [0.2, 0.25) is 0 Å². The van der Waals surface area contributed by atoms with Crippen LogP contribution in [0.25, 0.3) is 0 Å². The van der Waals surface area contributed by atoms with Crippen molar-refractivity contribution in [2.24, 2.45) is 5.41 Å². The molecule has 5 heteroatoms. The van der Waals surface area contributed by atoms with Crippen molar-refractivity contribution < 1.29 is 19.1 Å². The first-order valence-electron chi connectivity index (χ1n) is 5.92. The molecule has 4 nitrogen and oxygen atoms in total. The van der Waals surface area contributed by atoms with Gasteiger partial charge in [-0.2, -0.15) is 0 Å². The zero-order valence-corrected chi connectivity index (χ0v) is 11.5. The van der Waals surface area contributed by atoms with E-state index in [-0.39, 0.29) is 5.56 Å². The summed E-state index contributed by atoms with van der Waals surface area (Å²) in [4.78, 5) is 23.1. The number of benzene rings is 1. The number of carbonyl (C=O) groups excluding carboxylic acids is 1. The van der Waals surface area contributed by atoms with Crippen molar-refractivity contribution in [3.05, 3.63) is 35.1 Å². The largest absolute Gasteiger partial charge is 0.480 e. The Morgan fingerprint density at radius 1 is 1.32 bits per heavy atom. The van der Waals surface area contributed by atoms with Crippen molar-refractivity contribution in [1.29, 1.82) is 0 Å². The maximum Gasteiger partial charge on any atom is 0.326 e. The first-order chi connectivity index (χ1) is 8.62. The molecule has 104 valence electrons. The van der Waals surface area contributed by atoms with Gasteiger partial charge < -0.3 is 10.4 Å². The van der Waals surface area contributed by atoms with Crippen LogP contribution in [0.5, 0.6) is 0 Å². The van der Waals surface area contributed by atoms with Crippen molar-refractivity contribution >= 4 is 11.9 Å². The Labute approximate surface area is 111 Å². The molecule has 0 unspecified atom stereocenters. The Kier molecular flexibility index (Phi) is 4.29. The lowest BCUT2D eigenvalue weighted by atomic mass is 9.86. The summed E-state index contributed by atoms with van der Waals surface area (Å²) >= 11 is 0. The van der Waals surface area contributed by atoms with Crippen LogP contribution in [-0.4, -0.2) is 23.0 Å². The smallest absolute Gasteiger partial charge is 0.326 e. The van der Waals surface area contributed by atoms with Crippen molar-refractivity contribution in [1.82, 2.24) is 5.32 Å². The van der Waals surface area contributed by atoms with Gasteiger partial charge in [-0.05, 0) is 24.5 Å². The van der Waals surface area contributed by atoms with Crippen LogP contribution >= 0.6 is 0 Å². The Balaban J connectivity index is 3.01. The first kappa shape index (κ1) is 15.1. The second-order valence-electron chi connectivity index (χ2n) is 5.59. The molecule has 0 fully saturated rings. The van der Waals surface area contributed by atoms with E-state index in [2.05, 4.69) is 5.32 Å². The van der Waals surface area contributed by atoms with Gasteiger partial charge in [0.05, 0.1) is 5.56 Å². The topological polar surface area (TPSA) is 66.4 Å². The highest BCUT2D eigenvalue weighted by Crippen LogP contribution is 2.20. The van der Waals surface area contributed by atoms with Gasteiger partial charge in [0.1, 0.15) is 11.9 Å². The number of aryl methyl sites for hydroxylation is 1. The predicted molar refractivity (Wildman–Crippen MR) is 69.5 cm³/mol. The molecule has 0 spiro atoms. The van der Waals surface area contributed by atoms with Crippen molar-refractivity contribution in [2.45, 2.75) is 33.7 Å². The number of halogens is 1. The summed E-state index contributed by atoms with van der Waals surface area (Å²) in [7, 11) is 0. The Morgan fingerprint density at radius 3 is 2.37 bits per heavy atom. The van der Waals surface area contributed by atoms with Crippen molar-refractivity contribution in [3.8, 4) is 0 Å². The van der Waals surface area contributed by atoms with Crippen LogP contribution in [0.3, 0.4) is 0 Å². The highest BCUT2D eigenvalue weighted by Gasteiger charge is 2.33. The standard InChI is InChI=1S/C14H18FNO3/c1-8-5-6-10(15)9(7-8)12(17)16-11(13(18)19)14(2,3)4/h5-7,11H,1-4H3,(H,16,17)(H,18,19)/t11-/m0/s1. The third kappa shape index (κ3) is 3.77. The average Bonchev–Trinajstić information content (AvgIpc) is 2.26. The van der Waals surface area contributed by atoms with Crippen LogP contribution in [0.4, 0.5) is 4.39 Å². The monoisotopic (exact) mass is 267 g/mol. The van der Waals surface area contributed by atoms with Gasteiger partial charge in [-0.25, -0.2) is 9.18 Å². The van der Waals surface area contributed by atoms with E-state index in [1.165, 1.54) is 12.1 Å². The lowest BCUT2D eigenvalue weighted by Gasteiger charge is -2.27. The van der Waals surface area contributed by atoms with Crippen LogP contribution in [0.1, 0.15) is 36.7 Å². The third-order valence-corrected chi connectivity index (χ3v) is 2.75. The number of rotatable bonds is 3. The molecule has 2 N–H and O–H groups in total. The molecule has 0 heterocycles. The Hall–Kier alpha value is -1.91. The molecule has 1 rings (SSSR count). The molecule has 0 saturated heterocycles. The van der Waals surface area contributed by atoms with Crippen molar-refractivity contribution in [2.75, 3.05) is 0 Å². The fourth-order valence-corrected chi connectivity index (χ4v) is 1.67. The molecule has 1 atom stereocenters. The number of nitrogens with one attached hydrogen (secondary N) is 1. The Morgan fingerprint density at radius 2 is 1.89 bits per heavy atom. The molecule has 1 aromatic carbocycles. The number of carboxylic acid groups (broad SMARTS) is 1. The highest BCUT2D eigenvalue weighted by molar-refractivity contribution is 5.97. The second kappa shape index (κ2) is 5.38. The van der Waals surface area contributed by atoms with E-state index in [1.54, 1.807) is 33.8 Å². The maximum atomic E-state index is 13.6. The summed E-state index contributed by atoms with van der Waals surface area (Å²) in [5, 5.41) is 11.5. The van der Waals surface area contributed by atoms with E-state index < -0.39 is 29.2 Å². The van der Waals surface area contributed by atoms with Crippen LogP contribution in [-0.2, 0) is 4.79 Å². The summed E-state index contributed by atoms with van der Waals surface area (Å²) in [6.45, 7) is 6.81. The lowest BCUT2D eigenvalue weighted by molar-refractivity contribution is -0.142. The van der Waals surface area contributed by atoms with E-state index in [1.807, 2.05) is 0 Å². The lowest BCUT2D eigenvalue weighted by Crippen LogP contribution is -2.49. The van der Waals surface area contributed by atoms with Gasteiger partial charge in [0, 0.05) is 0 Å². The number of hydrogen-bond acceptors (Lipinski definition) is 2. The van der Waals surface area contributed by atoms with E-state index in [9.17, 15) is 14.0 Å². The van der Waals surface area contributed by atoms with Gasteiger partial charge in [-0.15, -0.1) is 0 Å². The van der Waals surface area contributed by atoms with Gasteiger partial charge in [0.25, 0.3) is 5.91 Å². The van der Waals surface area contributed by atoms with Gasteiger partial charge >= 0.3 is 5.97 Å². The fourth-order valence-electron chi connectivity index (χ4n) is 1.67. The number of hydrogen-bond donors (Lipinski definition) is 2. The SMILES string of the molecule is Cc1ccc(F)c(C(=O)N[C@@H](C(=O)O)C(C)(C)C)c1. The molecule has 0 radical (unpaired) electrons. The fraction of sp³-hybridized carbons (Fsp3) is 0.429. The highest BCUT2D eigenvalue weighted by atomic mass is 19.1.